The van der Waals surface area contributed by atoms with Crippen LogP contribution >= 0.6 is 0 Å². The van der Waals surface area contributed by atoms with Gasteiger partial charge in [-0.3, -0.25) is 4.79 Å². The van der Waals surface area contributed by atoms with E-state index < -0.39 is 11.9 Å². The third kappa shape index (κ3) is 4.06. The zero-order chi connectivity index (χ0) is 19.3. The Bertz CT molecular complexity index is 1030. The SMILES string of the molecule is O=C(COC(=O)c1ccc2ccccc2c1)Nc1ccc2c(c1)OCCCO2. The van der Waals surface area contributed by atoms with Crippen LogP contribution in [-0.2, 0) is 9.53 Å². The maximum absolute atomic E-state index is 12.2. The van der Waals surface area contributed by atoms with E-state index in [0.717, 1.165) is 17.2 Å². The summed E-state index contributed by atoms with van der Waals surface area (Å²) in [6.45, 7) is 0.789. The maximum atomic E-state index is 12.2. The topological polar surface area (TPSA) is 73.9 Å². The molecule has 142 valence electrons. The standard InChI is InChI=1S/C22H19NO5/c24-21(23-18-8-9-19-20(13-18)27-11-3-10-26-19)14-28-22(25)17-7-6-15-4-1-2-5-16(15)12-17/h1-2,4-9,12-13H,3,10-11,14H2,(H,23,24). The molecule has 3 aromatic carbocycles. The fourth-order valence-electron chi connectivity index (χ4n) is 2.97. The van der Waals surface area contributed by atoms with Gasteiger partial charge in [-0.2, -0.15) is 0 Å². The number of hydrogen-bond donors (Lipinski definition) is 1. The van der Waals surface area contributed by atoms with Crippen LogP contribution in [0.15, 0.2) is 60.7 Å². The minimum absolute atomic E-state index is 0.375. The average Bonchev–Trinajstić information content (AvgIpc) is 2.96. The molecule has 6 heteroatoms. The highest BCUT2D eigenvalue weighted by molar-refractivity contribution is 5.98. The van der Waals surface area contributed by atoms with Gasteiger partial charge >= 0.3 is 5.97 Å². The van der Waals surface area contributed by atoms with Gasteiger partial charge in [-0.15, -0.1) is 0 Å². The van der Waals surface area contributed by atoms with Crippen molar-refractivity contribution in [3.63, 3.8) is 0 Å². The molecule has 1 amide bonds. The van der Waals surface area contributed by atoms with Crippen LogP contribution in [0.5, 0.6) is 11.5 Å². The number of esters is 1. The first-order valence-electron chi connectivity index (χ1n) is 9.04. The maximum Gasteiger partial charge on any atom is 0.338 e. The first-order valence-corrected chi connectivity index (χ1v) is 9.04. The Morgan fingerprint density at radius 3 is 2.54 bits per heavy atom. The Morgan fingerprint density at radius 2 is 1.68 bits per heavy atom. The molecule has 3 aromatic rings. The summed E-state index contributed by atoms with van der Waals surface area (Å²) in [7, 11) is 0. The number of carbonyl (C=O) groups is 2. The van der Waals surface area contributed by atoms with E-state index in [9.17, 15) is 9.59 Å². The van der Waals surface area contributed by atoms with Gasteiger partial charge in [0.15, 0.2) is 18.1 Å². The zero-order valence-electron chi connectivity index (χ0n) is 15.1. The lowest BCUT2D eigenvalue weighted by Crippen LogP contribution is -2.21. The van der Waals surface area contributed by atoms with Crippen molar-refractivity contribution in [3.05, 3.63) is 66.2 Å². The minimum Gasteiger partial charge on any atom is -0.490 e. The molecule has 0 saturated carbocycles. The molecule has 0 aromatic heterocycles. The quantitative estimate of drug-likeness (QED) is 0.700. The monoisotopic (exact) mass is 377 g/mol. The molecule has 1 heterocycles. The second-order valence-electron chi connectivity index (χ2n) is 6.40. The number of rotatable bonds is 4. The summed E-state index contributed by atoms with van der Waals surface area (Å²) in [5, 5.41) is 4.67. The van der Waals surface area contributed by atoms with Gasteiger partial charge in [0.2, 0.25) is 0 Å². The predicted octanol–water partition coefficient (Wildman–Crippen LogP) is 3.80. The van der Waals surface area contributed by atoms with Crippen LogP contribution in [0.4, 0.5) is 5.69 Å². The molecule has 1 N–H and O–H groups in total. The molecule has 0 unspecified atom stereocenters. The molecule has 0 spiro atoms. The van der Waals surface area contributed by atoms with Gasteiger partial charge in [-0.1, -0.05) is 30.3 Å². The summed E-state index contributed by atoms with van der Waals surface area (Å²) in [6, 6.07) is 18.2. The summed E-state index contributed by atoms with van der Waals surface area (Å²) in [5.41, 5.74) is 0.957. The van der Waals surface area contributed by atoms with Crippen molar-refractivity contribution in [3.8, 4) is 11.5 Å². The van der Waals surface area contributed by atoms with Crippen molar-refractivity contribution in [1.82, 2.24) is 0 Å². The van der Waals surface area contributed by atoms with Crippen molar-refractivity contribution >= 4 is 28.3 Å². The summed E-state index contributed by atoms with van der Waals surface area (Å²) in [5.74, 6) is 0.268. The van der Waals surface area contributed by atoms with Crippen LogP contribution < -0.4 is 14.8 Å². The van der Waals surface area contributed by atoms with Gasteiger partial charge in [0, 0.05) is 18.2 Å². The number of ether oxygens (including phenoxy) is 3. The molecule has 1 aliphatic heterocycles. The zero-order valence-corrected chi connectivity index (χ0v) is 15.1. The Labute approximate surface area is 162 Å². The van der Waals surface area contributed by atoms with Gasteiger partial charge in [0.1, 0.15) is 0 Å². The van der Waals surface area contributed by atoms with E-state index in [1.165, 1.54) is 0 Å². The molecule has 28 heavy (non-hydrogen) atoms. The van der Waals surface area contributed by atoms with Gasteiger partial charge < -0.3 is 19.5 Å². The first kappa shape index (κ1) is 17.9. The smallest absolute Gasteiger partial charge is 0.338 e. The molecular formula is C22H19NO5. The van der Waals surface area contributed by atoms with Gasteiger partial charge in [-0.05, 0) is 35.0 Å². The van der Waals surface area contributed by atoms with Gasteiger partial charge in [-0.25, -0.2) is 4.79 Å². The second-order valence-corrected chi connectivity index (χ2v) is 6.40. The van der Waals surface area contributed by atoms with Crippen molar-refractivity contribution in [2.24, 2.45) is 0 Å². The lowest BCUT2D eigenvalue weighted by Gasteiger charge is -2.11. The van der Waals surface area contributed by atoms with E-state index in [2.05, 4.69) is 5.32 Å². The second kappa shape index (κ2) is 8.00. The predicted molar refractivity (Wildman–Crippen MR) is 105 cm³/mol. The number of nitrogens with one attached hydrogen (secondary N) is 1. The van der Waals surface area contributed by atoms with Crippen LogP contribution in [0.1, 0.15) is 16.8 Å². The summed E-state index contributed by atoms with van der Waals surface area (Å²) in [6.07, 6.45) is 0.807. The van der Waals surface area contributed by atoms with E-state index in [4.69, 9.17) is 14.2 Å². The van der Waals surface area contributed by atoms with Crippen molar-refractivity contribution in [1.29, 1.82) is 0 Å². The molecule has 0 saturated heterocycles. The number of carbonyl (C=O) groups excluding carboxylic acids is 2. The van der Waals surface area contributed by atoms with Crippen LogP contribution in [-0.4, -0.2) is 31.7 Å². The van der Waals surface area contributed by atoms with E-state index in [1.807, 2.05) is 30.3 Å². The van der Waals surface area contributed by atoms with E-state index in [1.54, 1.807) is 30.3 Å². The number of fused-ring (bicyclic) bond motifs is 2. The number of amides is 1. The molecular weight excluding hydrogens is 358 g/mol. The number of benzene rings is 3. The van der Waals surface area contributed by atoms with E-state index in [0.29, 0.717) is 36.0 Å². The third-order valence-corrected chi connectivity index (χ3v) is 4.35. The van der Waals surface area contributed by atoms with Crippen molar-refractivity contribution in [2.45, 2.75) is 6.42 Å². The third-order valence-electron chi connectivity index (χ3n) is 4.35. The first-order chi connectivity index (χ1) is 13.7. The van der Waals surface area contributed by atoms with Gasteiger partial charge in [0.05, 0.1) is 18.8 Å². The largest absolute Gasteiger partial charge is 0.490 e. The summed E-state index contributed by atoms with van der Waals surface area (Å²) >= 11 is 0. The lowest BCUT2D eigenvalue weighted by atomic mass is 10.1. The normalized spacial score (nSPS) is 12.9. The Morgan fingerprint density at radius 1 is 0.893 bits per heavy atom. The van der Waals surface area contributed by atoms with Gasteiger partial charge in [0.25, 0.3) is 5.91 Å². The molecule has 4 rings (SSSR count). The fraction of sp³-hybridized carbons (Fsp3) is 0.182. The highest BCUT2D eigenvalue weighted by Gasteiger charge is 2.14. The fourth-order valence-corrected chi connectivity index (χ4v) is 2.97. The van der Waals surface area contributed by atoms with Crippen LogP contribution in [0.3, 0.4) is 0 Å². The molecule has 0 bridgehead atoms. The lowest BCUT2D eigenvalue weighted by molar-refractivity contribution is -0.119. The summed E-state index contributed by atoms with van der Waals surface area (Å²) in [4.78, 5) is 24.4. The molecule has 0 radical (unpaired) electrons. The number of hydrogen-bond acceptors (Lipinski definition) is 5. The molecule has 0 atom stereocenters. The van der Waals surface area contributed by atoms with Crippen molar-refractivity contribution in [2.75, 3.05) is 25.1 Å². The summed E-state index contributed by atoms with van der Waals surface area (Å²) < 4.78 is 16.3. The molecule has 1 aliphatic rings. The van der Waals surface area contributed by atoms with Crippen LogP contribution in [0.25, 0.3) is 10.8 Å². The Kier molecular flexibility index (Phi) is 5.10. The Hall–Kier alpha value is -3.54. The van der Waals surface area contributed by atoms with Crippen LogP contribution in [0.2, 0.25) is 0 Å². The van der Waals surface area contributed by atoms with E-state index in [-0.39, 0.29) is 6.61 Å². The molecule has 6 nitrogen and oxygen atoms in total. The average molecular weight is 377 g/mol. The highest BCUT2D eigenvalue weighted by atomic mass is 16.5. The molecule has 0 aliphatic carbocycles. The molecule has 0 fully saturated rings. The van der Waals surface area contributed by atoms with Crippen molar-refractivity contribution < 1.29 is 23.8 Å². The Balaban J connectivity index is 1.36. The highest BCUT2D eigenvalue weighted by Crippen LogP contribution is 2.32. The number of anilines is 1. The van der Waals surface area contributed by atoms with Crippen LogP contribution in [0, 0.1) is 0 Å². The van der Waals surface area contributed by atoms with E-state index >= 15 is 0 Å². The minimum atomic E-state index is -0.542.